The zero-order valence-electron chi connectivity index (χ0n) is 15.5. The number of nitro benzene ring substituents is 1. The lowest BCUT2D eigenvalue weighted by Crippen LogP contribution is -2.28. The first-order valence-electron chi connectivity index (χ1n) is 8.78. The van der Waals surface area contributed by atoms with Gasteiger partial charge in [-0.25, -0.2) is 0 Å². The van der Waals surface area contributed by atoms with Crippen LogP contribution in [-0.2, 0) is 9.53 Å². The minimum atomic E-state index is -0.529. The van der Waals surface area contributed by atoms with Gasteiger partial charge in [0, 0.05) is 6.07 Å². The van der Waals surface area contributed by atoms with E-state index in [4.69, 9.17) is 18.9 Å². The third kappa shape index (κ3) is 3.93. The maximum absolute atomic E-state index is 12.3. The monoisotopic (exact) mass is 388 g/mol. The smallest absolute Gasteiger partial charge is 0.325 e. The summed E-state index contributed by atoms with van der Waals surface area (Å²) in [7, 11) is 0. The molecule has 148 valence electrons. The lowest BCUT2D eigenvalue weighted by Gasteiger charge is -2.26. The van der Waals surface area contributed by atoms with Crippen molar-refractivity contribution in [3.63, 3.8) is 0 Å². The molecular formula is C19H20N2O7. The Balaban J connectivity index is 2.15. The quantitative estimate of drug-likeness (QED) is 0.385. The Kier molecular flexibility index (Phi) is 5.83. The minimum absolute atomic E-state index is 0.0245. The van der Waals surface area contributed by atoms with Gasteiger partial charge in [-0.3, -0.25) is 14.9 Å². The van der Waals surface area contributed by atoms with E-state index in [1.807, 2.05) is 6.92 Å². The predicted molar refractivity (Wildman–Crippen MR) is 100 cm³/mol. The topological polar surface area (TPSA) is 100 Å². The predicted octanol–water partition coefficient (Wildman–Crippen LogP) is 3.42. The second kappa shape index (κ2) is 8.47. The Morgan fingerprint density at radius 1 is 1.14 bits per heavy atom. The Bertz CT molecular complexity index is 885. The van der Waals surface area contributed by atoms with Crippen LogP contribution in [0.25, 0.3) is 0 Å². The number of nitro groups is 1. The van der Waals surface area contributed by atoms with Gasteiger partial charge >= 0.3 is 5.97 Å². The van der Waals surface area contributed by atoms with Crippen LogP contribution in [0.4, 0.5) is 17.1 Å². The zero-order valence-corrected chi connectivity index (χ0v) is 15.5. The molecule has 0 unspecified atom stereocenters. The fraction of sp³-hybridized carbons (Fsp3) is 0.316. The van der Waals surface area contributed by atoms with Crippen LogP contribution in [0.15, 0.2) is 36.4 Å². The van der Waals surface area contributed by atoms with Crippen LogP contribution in [0.2, 0.25) is 0 Å². The van der Waals surface area contributed by atoms with Gasteiger partial charge in [0.05, 0.1) is 29.9 Å². The number of nitrogens with zero attached hydrogens (tertiary/aromatic N) is 2. The number of benzene rings is 2. The van der Waals surface area contributed by atoms with Gasteiger partial charge in [-0.1, -0.05) is 12.1 Å². The van der Waals surface area contributed by atoms with Crippen molar-refractivity contribution in [2.24, 2.45) is 0 Å². The average Bonchev–Trinajstić information content (AvgIpc) is 3.14. The van der Waals surface area contributed by atoms with E-state index < -0.39 is 10.9 Å². The average molecular weight is 388 g/mol. The molecule has 0 radical (unpaired) electrons. The summed E-state index contributed by atoms with van der Waals surface area (Å²) >= 11 is 0. The van der Waals surface area contributed by atoms with Crippen molar-refractivity contribution >= 4 is 23.0 Å². The highest BCUT2D eigenvalue weighted by Crippen LogP contribution is 2.45. The standard InChI is InChI=1S/C19H20N2O7/c1-3-25-16-8-6-5-7-13(16)20(11-19(22)26-4-2)14-9-17-18(28-12-27-17)10-15(14)21(23)24/h5-10H,3-4,11-12H2,1-2H3. The zero-order chi connectivity index (χ0) is 20.1. The van der Waals surface area contributed by atoms with E-state index in [0.29, 0.717) is 23.8 Å². The Labute approximate surface area is 161 Å². The molecule has 0 saturated heterocycles. The molecule has 2 aromatic carbocycles. The minimum Gasteiger partial charge on any atom is -0.492 e. The molecule has 3 rings (SSSR count). The summed E-state index contributed by atoms with van der Waals surface area (Å²) in [4.78, 5) is 24.9. The van der Waals surface area contributed by atoms with E-state index in [-0.39, 0.29) is 37.1 Å². The normalized spacial score (nSPS) is 11.8. The van der Waals surface area contributed by atoms with Crippen molar-refractivity contribution in [1.29, 1.82) is 0 Å². The SMILES string of the molecule is CCOC(=O)CN(c1ccccc1OCC)c1cc2c(cc1[N+](=O)[O-])OCO2. The first kappa shape index (κ1) is 19.3. The number of fused-ring (bicyclic) bond motifs is 1. The third-order valence-corrected chi connectivity index (χ3v) is 4.01. The van der Waals surface area contributed by atoms with E-state index in [1.165, 1.54) is 17.0 Å². The summed E-state index contributed by atoms with van der Waals surface area (Å²) in [6.07, 6.45) is 0. The van der Waals surface area contributed by atoms with Crippen LogP contribution in [-0.4, -0.2) is 37.4 Å². The van der Waals surface area contributed by atoms with Crippen molar-refractivity contribution in [3.8, 4) is 17.2 Å². The van der Waals surface area contributed by atoms with Crippen molar-refractivity contribution < 1.29 is 28.7 Å². The van der Waals surface area contributed by atoms with Crippen molar-refractivity contribution in [1.82, 2.24) is 0 Å². The third-order valence-electron chi connectivity index (χ3n) is 4.01. The molecule has 0 aliphatic carbocycles. The molecule has 0 fully saturated rings. The van der Waals surface area contributed by atoms with Crippen LogP contribution in [0.3, 0.4) is 0 Å². The van der Waals surface area contributed by atoms with E-state index >= 15 is 0 Å². The second-order valence-electron chi connectivity index (χ2n) is 5.74. The van der Waals surface area contributed by atoms with Gasteiger partial charge in [-0.05, 0) is 26.0 Å². The van der Waals surface area contributed by atoms with E-state index in [0.717, 1.165) is 0 Å². The summed E-state index contributed by atoms with van der Waals surface area (Å²) in [5.41, 5.74) is 0.452. The molecule has 9 heteroatoms. The summed E-state index contributed by atoms with van der Waals surface area (Å²) < 4.78 is 21.3. The molecule has 0 bridgehead atoms. The van der Waals surface area contributed by atoms with Gasteiger partial charge in [0.25, 0.3) is 5.69 Å². The largest absolute Gasteiger partial charge is 0.492 e. The molecule has 0 amide bonds. The number of esters is 1. The van der Waals surface area contributed by atoms with Crippen molar-refractivity contribution in [2.75, 3.05) is 31.5 Å². The molecule has 9 nitrogen and oxygen atoms in total. The molecule has 1 aliphatic heterocycles. The van der Waals surface area contributed by atoms with Crippen molar-refractivity contribution in [3.05, 3.63) is 46.5 Å². The number of hydrogen-bond donors (Lipinski definition) is 0. The molecule has 0 atom stereocenters. The van der Waals surface area contributed by atoms with Gasteiger partial charge in [0.2, 0.25) is 6.79 Å². The van der Waals surface area contributed by atoms with Crippen LogP contribution in [0.1, 0.15) is 13.8 Å². The molecule has 1 heterocycles. The lowest BCUT2D eigenvalue weighted by molar-refractivity contribution is -0.384. The first-order chi connectivity index (χ1) is 13.5. The van der Waals surface area contributed by atoms with Gasteiger partial charge < -0.3 is 23.8 Å². The molecule has 0 saturated carbocycles. The molecule has 1 aliphatic rings. The van der Waals surface area contributed by atoms with Gasteiger partial charge in [-0.2, -0.15) is 0 Å². The number of rotatable bonds is 8. The van der Waals surface area contributed by atoms with E-state index in [2.05, 4.69) is 0 Å². The summed E-state index contributed by atoms with van der Waals surface area (Å²) in [5, 5.41) is 11.7. The van der Waals surface area contributed by atoms with E-state index in [1.54, 1.807) is 31.2 Å². The molecule has 2 aromatic rings. The van der Waals surface area contributed by atoms with E-state index in [9.17, 15) is 14.9 Å². The number of anilines is 2. The van der Waals surface area contributed by atoms with Crippen LogP contribution in [0.5, 0.6) is 17.2 Å². The number of hydrogen-bond acceptors (Lipinski definition) is 8. The number of ether oxygens (including phenoxy) is 4. The maximum atomic E-state index is 12.3. The fourth-order valence-corrected chi connectivity index (χ4v) is 2.88. The van der Waals surface area contributed by atoms with Crippen LogP contribution >= 0.6 is 0 Å². The highest BCUT2D eigenvalue weighted by Gasteiger charge is 2.30. The lowest BCUT2D eigenvalue weighted by atomic mass is 10.1. The summed E-state index contributed by atoms with van der Waals surface area (Å²) in [6, 6.07) is 9.77. The molecule has 28 heavy (non-hydrogen) atoms. The second-order valence-corrected chi connectivity index (χ2v) is 5.74. The molecule has 0 aromatic heterocycles. The molecule has 0 N–H and O–H groups in total. The highest BCUT2D eigenvalue weighted by atomic mass is 16.7. The van der Waals surface area contributed by atoms with Crippen molar-refractivity contribution in [2.45, 2.75) is 13.8 Å². The van der Waals surface area contributed by atoms with Crippen LogP contribution in [0, 0.1) is 10.1 Å². The maximum Gasteiger partial charge on any atom is 0.325 e. The van der Waals surface area contributed by atoms with Gasteiger partial charge in [0.1, 0.15) is 18.0 Å². The Hall–Kier alpha value is -3.49. The first-order valence-corrected chi connectivity index (χ1v) is 8.78. The van der Waals surface area contributed by atoms with Gasteiger partial charge in [-0.15, -0.1) is 0 Å². The molecule has 0 spiro atoms. The summed E-state index contributed by atoms with van der Waals surface area (Å²) in [5.74, 6) is 0.606. The Morgan fingerprint density at radius 2 is 1.86 bits per heavy atom. The fourth-order valence-electron chi connectivity index (χ4n) is 2.88. The number of carbonyl (C=O) groups excluding carboxylic acids is 1. The van der Waals surface area contributed by atoms with Gasteiger partial charge in [0.15, 0.2) is 11.5 Å². The highest BCUT2D eigenvalue weighted by molar-refractivity contribution is 5.85. The Morgan fingerprint density at radius 3 is 2.54 bits per heavy atom. The summed E-state index contributed by atoms with van der Waals surface area (Å²) in [6.45, 7) is 3.85. The number of para-hydroxylation sites is 2. The van der Waals surface area contributed by atoms with Crippen LogP contribution < -0.4 is 19.1 Å². The number of carbonyl (C=O) groups is 1. The molecular weight excluding hydrogens is 368 g/mol.